The third-order valence-corrected chi connectivity index (χ3v) is 3.45. The molecular formula is C13H14N4O4. The molecule has 0 bridgehead atoms. The van der Waals surface area contributed by atoms with Gasteiger partial charge >= 0.3 is 5.97 Å². The van der Waals surface area contributed by atoms with Crippen molar-refractivity contribution in [2.75, 3.05) is 19.7 Å². The molecule has 0 saturated carbocycles. The highest BCUT2D eigenvalue weighted by Crippen LogP contribution is 2.26. The Bertz CT molecular complexity index is 705. The average Bonchev–Trinajstić information content (AvgIpc) is 2.88. The zero-order chi connectivity index (χ0) is 15.0. The van der Waals surface area contributed by atoms with Crippen LogP contribution >= 0.6 is 0 Å². The first-order valence-electron chi connectivity index (χ1n) is 6.42. The molecule has 1 fully saturated rings. The van der Waals surface area contributed by atoms with Gasteiger partial charge in [0.2, 0.25) is 0 Å². The Balaban J connectivity index is 1.66. The number of benzene rings is 1. The van der Waals surface area contributed by atoms with E-state index in [1.807, 2.05) is 0 Å². The second kappa shape index (κ2) is 4.81. The number of carbonyl (C=O) groups excluding carboxylic acids is 1. The number of likely N-dealkylation sites (tertiary alicyclic amines) is 1. The molecule has 1 aromatic carbocycles. The van der Waals surface area contributed by atoms with Gasteiger partial charge in [0, 0.05) is 5.56 Å². The van der Waals surface area contributed by atoms with Crippen LogP contribution in [0, 0.1) is 0 Å². The fourth-order valence-electron chi connectivity index (χ4n) is 2.39. The molecule has 8 nitrogen and oxygen atoms in total. The molecule has 3 rings (SSSR count). The van der Waals surface area contributed by atoms with Crippen molar-refractivity contribution in [1.29, 1.82) is 0 Å². The first-order chi connectivity index (χ1) is 9.97. The van der Waals surface area contributed by atoms with Gasteiger partial charge in [0.25, 0.3) is 5.91 Å². The van der Waals surface area contributed by atoms with Crippen LogP contribution in [0.1, 0.15) is 17.3 Å². The number of carboxylic acids is 1. The van der Waals surface area contributed by atoms with E-state index in [0.29, 0.717) is 29.7 Å². The summed E-state index contributed by atoms with van der Waals surface area (Å²) in [6.07, 6.45) is 0. The fraction of sp³-hybridized carbons (Fsp3) is 0.385. The van der Waals surface area contributed by atoms with Crippen molar-refractivity contribution in [2.24, 2.45) is 0 Å². The maximum Gasteiger partial charge on any atom is 0.329 e. The molecule has 1 saturated heterocycles. The van der Waals surface area contributed by atoms with Gasteiger partial charge in [-0.3, -0.25) is 4.79 Å². The highest BCUT2D eigenvalue weighted by molar-refractivity contribution is 5.97. The van der Waals surface area contributed by atoms with Crippen molar-refractivity contribution in [2.45, 2.75) is 12.5 Å². The standard InChI is InChI=1S/C13H14N4O4/c1-13(21-5-11(18)19)6-17(7-13)12(20)8-2-3-9-10(4-8)15-16-14-9/h2-4H,5-7H2,1H3,(H,18,19)(H,14,15,16). The van der Waals surface area contributed by atoms with Crippen LogP contribution in [0.3, 0.4) is 0 Å². The number of carbonyl (C=O) groups is 2. The largest absolute Gasteiger partial charge is 0.480 e. The number of hydrogen-bond donors (Lipinski definition) is 2. The molecule has 2 heterocycles. The highest BCUT2D eigenvalue weighted by atomic mass is 16.5. The maximum atomic E-state index is 12.3. The molecule has 2 N–H and O–H groups in total. The van der Waals surface area contributed by atoms with E-state index >= 15 is 0 Å². The van der Waals surface area contributed by atoms with Crippen molar-refractivity contribution in [1.82, 2.24) is 20.3 Å². The van der Waals surface area contributed by atoms with Gasteiger partial charge < -0.3 is 14.7 Å². The van der Waals surface area contributed by atoms with E-state index in [4.69, 9.17) is 9.84 Å². The number of H-pyrrole nitrogens is 1. The van der Waals surface area contributed by atoms with Gasteiger partial charge in [-0.25, -0.2) is 4.79 Å². The van der Waals surface area contributed by atoms with Crippen LogP contribution in [0.15, 0.2) is 18.2 Å². The Morgan fingerprint density at radius 3 is 2.81 bits per heavy atom. The smallest absolute Gasteiger partial charge is 0.329 e. The van der Waals surface area contributed by atoms with Crippen molar-refractivity contribution in [3.05, 3.63) is 23.8 Å². The van der Waals surface area contributed by atoms with Crippen molar-refractivity contribution >= 4 is 22.9 Å². The summed E-state index contributed by atoms with van der Waals surface area (Å²) in [5, 5.41) is 19.0. The Kier molecular flexibility index (Phi) is 3.09. The van der Waals surface area contributed by atoms with E-state index in [2.05, 4.69) is 15.4 Å². The van der Waals surface area contributed by atoms with Gasteiger partial charge in [-0.1, -0.05) is 0 Å². The Morgan fingerprint density at radius 2 is 2.10 bits per heavy atom. The molecule has 0 atom stereocenters. The van der Waals surface area contributed by atoms with Crippen LogP contribution in [-0.4, -0.2) is 62.6 Å². The van der Waals surface area contributed by atoms with Crippen LogP contribution < -0.4 is 0 Å². The summed E-state index contributed by atoms with van der Waals surface area (Å²) in [5.41, 5.74) is 1.26. The molecule has 1 aliphatic heterocycles. The first-order valence-corrected chi connectivity index (χ1v) is 6.42. The zero-order valence-electron chi connectivity index (χ0n) is 11.4. The van der Waals surface area contributed by atoms with E-state index in [9.17, 15) is 9.59 Å². The van der Waals surface area contributed by atoms with Gasteiger partial charge in [0.15, 0.2) is 0 Å². The summed E-state index contributed by atoms with van der Waals surface area (Å²) in [7, 11) is 0. The lowest BCUT2D eigenvalue weighted by Crippen LogP contribution is -2.63. The number of hydrogen-bond acceptors (Lipinski definition) is 5. The number of carboxylic acid groups (broad SMARTS) is 1. The van der Waals surface area contributed by atoms with Crippen molar-refractivity contribution in [3.8, 4) is 0 Å². The fourth-order valence-corrected chi connectivity index (χ4v) is 2.39. The maximum absolute atomic E-state index is 12.3. The summed E-state index contributed by atoms with van der Waals surface area (Å²) >= 11 is 0. The predicted octanol–water partition coefficient (Wildman–Crippen LogP) is 0.274. The number of nitrogens with zero attached hydrogens (tertiary/aromatic N) is 3. The molecule has 0 spiro atoms. The van der Waals surface area contributed by atoms with E-state index in [-0.39, 0.29) is 12.5 Å². The van der Waals surface area contributed by atoms with Gasteiger partial charge in [-0.15, -0.1) is 0 Å². The SMILES string of the molecule is CC1(OCC(=O)O)CN(C(=O)c2ccc3n[nH]nc3c2)C1. The van der Waals surface area contributed by atoms with E-state index in [0.717, 1.165) is 0 Å². The van der Waals surface area contributed by atoms with E-state index in [1.54, 1.807) is 30.0 Å². The molecule has 21 heavy (non-hydrogen) atoms. The summed E-state index contributed by atoms with van der Waals surface area (Å²) < 4.78 is 5.28. The topological polar surface area (TPSA) is 108 Å². The Labute approximate surface area is 119 Å². The summed E-state index contributed by atoms with van der Waals surface area (Å²) in [5.74, 6) is -1.14. The van der Waals surface area contributed by atoms with Crippen LogP contribution in [0.25, 0.3) is 11.0 Å². The predicted molar refractivity (Wildman–Crippen MR) is 71.8 cm³/mol. The number of nitrogens with one attached hydrogen (secondary N) is 1. The van der Waals surface area contributed by atoms with Gasteiger partial charge in [-0.05, 0) is 25.1 Å². The summed E-state index contributed by atoms with van der Waals surface area (Å²) in [6.45, 7) is 2.18. The molecule has 1 aliphatic rings. The molecule has 110 valence electrons. The quantitative estimate of drug-likeness (QED) is 0.837. The molecule has 1 amide bonds. The number of aliphatic carboxylic acids is 1. The lowest BCUT2D eigenvalue weighted by atomic mass is 9.95. The third kappa shape index (κ3) is 2.57. The number of aromatic amines is 1. The minimum Gasteiger partial charge on any atom is -0.480 e. The molecule has 8 heteroatoms. The first kappa shape index (κ1) is 13.5. The van der Waals surface area contributed by atoms with E-state index in [1.165, 1.54) is 0 Å². The third-order valence-electron chi connectivity index (χ3n) is 3.45. The number of rotatable bonds is 4. The highest BCUT2D eigenvalue weighted by Gasteiger charge is 2.43. The minimum absolute atomic E-state index is 0.128. The second-order valence-electron chi connectivity index (χ2n) is 5.32. The number of amides is 1. The lowest BCUT2D eigenvalue weighted by Gasteiger charge is -2.47. The molecular weight excluding hydrogens is 276 g/mol. The molecule has 0 radical (unpaired) electrons. The van der Waals surface area contributed by atoms with Crippen molar-refractivity contribution in [3.63, 3.8) is 0 Å². The molecule has 1 aromatic heterocycles. The summed E-state index contributed by atoms with van der Waals surface area (Å²) in [4.78, 5) is 24.4. The Morgan fingerprint density at radius 1 is 1.38 bits per heavy atom. The number of fused-ring (bicyclic) bond motifs is 1. The number of aromatic nitrogens is 3. The lowest BCUT2D eigenvalue weighted by molar-refractivity contribution is -0.159. The molecule has 0 unspecified atom stereocenters. The second-order valence-corrected chi connectivity index (χ2v) is 5.32. The number of ether oxygens (including phenoxy) is 1. The van der Waals surface area contributed by atoms with Crippen LogP contribution in [0.4, 0.5) is 0 Å². The molecule has 2 aromatic rings. The summed E-state index contributed by atoms with van der Waals surface area (Å²) in [6, 6.07) is 5.10. The zero-order valence-corrected chi connectivity index (χ0v) is 11.4. The minimum atomic E-state index is -1.02. The Hall–Kier alpha value is -2.48. The van der Waals surface area contributed by atoms with E-state index < -0.39 is 11.6 Å². The average molecular weight is 290 g/mol. The van der Waals surface area contributed by atoms with Gasteiger partial charge in [0.05, 0.1) is 13.1 Å². The van der Waals surface area contributed by atoms with Gasteiger partial charge in [-0.2, -0.15) is 15.4 Å². The van der Waals surface area contributed by atoms with Gasteiger partial charge in [0.1, 0.15) is 23.2 Å². The normalized spacial score (nSPS) is 16.7. The van der Waals surface area contributed by atoms with Crippen LogP contribution in [0.2, 0.25) is 0 Å². The van der Waals surface area contributed by atoms with Crippen molar-refractivity contribution < 1.29 is 19.4 Å². The molecule has 0 aliphatic carbocycles. The van der Waals surface area contributed by atoms with Crippen LogP contribution in [-0.2, 0) is 9.53 Å². The monoisotopic (exact) mass is 290 g/mol. The van der Waals surface area contributed by atoms with Crippen LogP contribution in [0.5, 0.6) is 0 Å².